The molecule has 2 aliphatic carbocycles. The minimum atomic E-state index is 0.273. The smallest absolute Gasteiger partial charge is 0.0991 e. The van der Waals surface area contributed by atoms with E-state index in [2.05, 4.69) is 22.0 Å². The Morgan fingerprint density at radius 2 is 2.05 bits per heavy atom. The summed E-state index contributed by atoms with van der Waals surface area (Å²) in [6.07, 6.45) is 9.39. The van der Waals surface area contributed by atoms with Crippen LogP contribution in [0.25, 0.3) is 0 Å². The second-order valence-corrected chi connectivity index (χ2v) is 6.62. The Bertz CT molecular complexity index is 463. The lowest BCUT2D eigenvalue weighted by atomic mass is 10.1. The molecule has 0 amide bonds. The average molecular weight is 288 g/mol. The Balaban J connectivity index is 1.45. The first kappa shape index (κ1) is 13.7. The van der Waals surface area contributed by atoms with Crippen molar-refractivity contribution in [3.63, 3.8) is 0 Å². The fourth-order valence-corrected chi connectivity index (χ4v) is 3.64. The van der Waals surface area contributed by atoms with E-state index in [1.807, 2.05) is 12.4 Å². The first-order chi connectivity index (χ1) is 10.4. The number of pyridine rings is 1. The summed E-state index contributed by atoms with van der Waals surface area (Å²) in [5.41, 5.74) is 1.33. The molecule has 0 N–H and O–H groups in total. The van der Waals surface area contributed by atoms with E-state index in [-0.39, 0.29) is 6.10 Å². The van der Waals surface area contributed by atoms with Crippen LogP contribution in [0.5, 0.6) is 0 Å². The molecule has 1 saturated heterocycles. The molecule has 4 heteroatoms. The van der Waals surface area contributed by atoms with Crippen LogP contribution in [-0.4, -0.2) is 47.9 Å². The highest BCUT2D eigenvalue weighted by Gasteiger charge is 2.43. The molecule has 0 radical (unpaired) electrons. The van der Waals surface area contributed by atoms with Crippen LogP contribution in [0.1, 0.15) is 31.2 Å². The molecule has 0 spiro atoms. The number of nitrogens with zero attached hydrogens (tertiary/aromatic N) is 2. The van der Waals surface area contributed by atoms with Crippen molar-refractivity contribution >= 4 is 0 Å². The van der Waals surface area contributed by atoms with Gasteiger partial charge in [0.05, 0.1) is 18.8 Å². The Hall–Kier alpha value is -0.970. The van der Waals surface area contributed by atoms with Crippen LogP contribution in [0.2, 0.25) is 0 Å². The summed E-state index contributed by atoms with van der Waals surface area (Å²) >= 11 is 0. The highest BCUT2D eigenvalue weighted by atomic mass is 16.5. The number of fused-ring (bicyclic) bond motifs is 2. The lowest BCUT2D eigenvalue weighted by Crippen LogP contribution is -2.43. The zero-order valence-electron chi connectivity index (χ0n) is 12.5. The highest BCUT2D eigenvalue weighted by molar-refractivity contribution is 5.10. The maximum atomic E-state index is 6.26. The van der Waals surface area contributed by atoms with Gasteiger partial charge < -0.3 is 9.47 Å². The fourth-order valence-electron chi connectivity index (χ4n) is 3.64. The van der Waals surface area contributed by atoms with Crippen LogP contribution in [-0.2, 0) is 16.0 Å². The molecule has 2 bridgehead atoms. The molecule has 1 aromatic heterocycles. The molecule has 1 aromatic rings. The van der Waals surface area contributed by atoms with E-state index in [1.165, 1.54) is 24.8 Å². The third-order valence-corrected chi connectivity index (χ3v) is 5.03. The Labute approximate surface area is 126 Å². The van der Waals surface area contributed by atoms with Gasteiger partial charge in [-0.05, 0) is 49.3 Å². The van der Waals surface area contributed by atoms with Gasteiger partial charge in [0.2, 0.25) is 0 Å². The SMILES string of the molecule is c1cc(CN2CCOC3CCC2C3OCC2CC2)ccn1. The molecule has 4 nitrogen and oxygen atoms in total. The van der Waals surface area contributed by atoms with Gasteiger partial charge in [0, 0.05) is 38.1 Å². The molecule has 3 aliphatic rings. The third-order valence-electron chi connectivity index (χ3n) is 5.03. The summed E-state index contributed by atoms with van der Waals surface area (Å²) in [6.45, 7) is 3.75. The van der Waals surface area contributed by atoms with Crippen molar-refractivity contribution in [1.29, 1.82) is 0 Å². The van der Waals surface area contributed by atoms with Gasteiger partial charge in [0.1, 0.15) is 0 Å². The van der Waals surface area contributed by atoms with Crippen LogP contribution >= 0.6 is 0 Å². The summed E-state index contributed by atoms with van der Waals surface area (Å²) < 4.78 is 12.3. The summed E-state index contributed by atoms with van der Waals surface area (Å²) in [5, 5.41) is 0. The molecule has 114 valence electrons. The number of hydrogen-bond acceptors (Lipinski definition) is 4. The summed E-state index contributed by atoms with van der Waals surface area (Å²) in [7, 11) is 0. The predicted octanol–water partition coefficient (Wildman–Crippen LogP) is 2.24. The standard InChI is InChI=1S/C17H24N2O2/c1-2-14(1)12-21-17-15-3-4-16(17)20-10-9-19(15)11-13-5-7-18-8-6-13/h5-8,14-17H,1-4,9-12H2. The van der Waals surface area contributed by atoms with Crippen LogP contribution in [0.3, 0.4) is 0 Å². The quantitative estimate of drug-likeness (QED) is 0.832. The average Bonchev–Trinajstić information content (AvgIpc) is 3.26. The normalized spacial score (nSPS) is 33.0. The van der Waals surface area contributed by atoms with Crippen molar-refractivity contribution in [3.05, 3.63) is 30.1 Å². The van der Waals surface area contributed by atoms with Crippen molar-refractivity contribution in [3.8, 4) is 0 Å². The largest absolute Gasteiger partial charge is 0.374 e. The zero-order chi connectivity index (χ0) is 14.1. The second kappa shape index (κ2) is 6.03. The van der Waals surface area contributed by atoms with Crippen LogP contribution in [0, 0.1) is 5.92 Å². The fraction of sp³-hybridized carbons (Fsp3) is 0.706. The van der Waals surface area contributed by atoms with E-state index < -0.39 is 0 Å². The summed E-state index contributed by atoms with van der Waals surface area (Å²) in [4.78, 5) is 6.66. The molecule has 2 saturated carbocycles. The monoisotopic (exact) mass is 288 g/mol. The molecule has 3 unspecified atom stereocenters. The van der Waals surface area contributed by atoms with Crippen molar-refractivity contribution in [2.75, 3.05) is 19.8 Å². The predicted molar refractivity (Wildman–Crippen MR) is 79.9 cm³/mol. The third kappa shape index (κ3) is 3.12. The molecular formula is C17H24N2O2. The number of hydrogen-bond donors (Lipinski definition) is 0. The molecule has 21 heavy (non-hydrogen) atoms. The van der Waals surface area contributed by atoms with Gasteiger partial charge in [-0.15, -0.1) is 0 Å². The second-order valence-electron chi connectivity index (χ2n) is 6.62. The van der Waals surface area contributed by atoms with Gasteiger partial charge in [-0.1, -0.05) is 0 Å². The maximum absolute atomic E-state index is 6.26. The van der Waals surface area contributed by atoms with Crippen LogP contribution < -0.4 is 0 Å². The van der Waals surface area contributed by atoms with Crippen molar-refractivity contribution in [1.82, 2.24) is 9.88 Å². The van der Waals surface area contributed by atoms with Gasteiger partial charge in [-0.3, -0.25) is 9.88 Å². The topological polar surface area (TPSA) is 34.6 Å². The summed E-state index contributed by atoms with van der Waals surface area (Å²) in [6, 6.07) is 4.74. The van der Waals surface area contributed by atoms with E-state index in [4.69, 9.17) is 9.47 Å². The first-order valence-corrected chi connectivity index (χ1v) is 8.26. The Kier molecular flexibility index (Phi) is 3.93. The zero-order valence-corrected chi connectivity index (χ0v) is 12.5. The number of ether oxygens (including phenoxy) is 2. The number of rotatable bonds is 5. The van der Waals surface area contributed by atoms with Crippen LogP contribution in [0.4, 0.5) is 0 Å². The molecular weight excluding hydrogens is 264 g/mol. The van der Waals surface area contributed by atoms with Gasteiger partial charge in [-0.2, -0.15) is 0 Å². The minimum absolute atomic E-state index is 0.273. The molecule has 3 atom stereocenters. The molecule has 0 aromatic carbocycles. The van der Waals surface area contributed by atoms with Crippen molar-refractivity contribution in [2.45, 2.75) is 50.5 Å². The number of aromatic nitrogens is 1. The molecule has 1 aliphatic heterocycles. The van der Waals surface area contributed by atoms with Gasteiger partial charge in [-0.25, -0.2) is 0 Å². The lowest BCUT2D eigenvalue weighted by Gasteiger charge is -2.31. The van der Waals surface area contributed by atoms with Crippen LogP contribution in [0.15, 0.2) is 24.5 Å². The Morgan fingerprint density at radius 1 is 1.19 bits per heavy atom. The van der Waals surface area contributed by atoms with Crippen molar-refractivity contribution < 1.29 is 9.47 Å². The van der Waals surface area contributed by atoms with Gasteiger partial charge >= 0.3 is 0 Å². The molecule has 2 heterocycles. The van der Waals surface area contributed by atoms with E-state index >= 15 is 0 Å². The minimum Gasteiger partial charge on any atom is -0.374 e. The van der Waals surface area contributed by atoms with E-state index in [9.17, 15) is 0 Å². The summed E-state index contributed by atoms with van der Waals surface area (Å²) in [5.74, 6) is 0.821. The first-order valence-electron chi connectivity index (χ1n) is 8.26. The maximum Gasteiger partial charge on any atom is 0.0991 e. The van der Waals surface area contributed by atoms with E-state index in [1.54, 1.807) is 0 Å². The highest BCUT2D eigenvalue weighted by Crippen LogP contribution is 2.35. The molecule has 4 rings (SSSR count). The van der Waals surface area contributed by atoms with Gasteiger partial charge in [0.15, 0.2) is 0 Å². The Morgan fingerprint density at radius 3 is 2.86 bits per heavy atom. The molecule has 3 fully saturated rings. The van der Waals surface area contributed by atoms with Crippen molar-refractivity contribution in [2.24, 2.45) is 5.92 Å². The van der Waals surface area contributed by atoms with E-state index in [0.29, 0.717) is 12.1 Å². The van der Waals surface area contributed by atoms with E-state index in [0.717, 1.165) is 38.6 Å². The lowest BCUT2D eigenvalue weighted by molar-refractivity contribution is -0.0572. The van der Waals surface area contributed by atoms with Gasteiger partial charge in [0.25, 0.3) is 0 Å².